The number of carboxylic acid groups (broad SMARTS) is 1. The zero-order valence-electron chi connectivity index (χ0n) is 10.6. The molecule has 1 aliphatic rings. The fourth-order valence-electron chi connectivity index (χ4n) is 1.92. The van der Waals surface area contributed by atoms with Crippen LogP contribution in [-0.4, -0.2) is 29.7 Å². The number of urea groups is 1. The number of nitrogens with one attached hydrogen (secondary N) is 2. The zero-order valence-corrected chi connectivity index (χ0v) is 10.6. The van der Waals surface area contributed by atoms with E-state index in [4.69, 9.17) is 0 Å². The Morgan fingerprint density at radius 3 is 2.24 bits per heavy atom. The Kier molecular flexibility index (Phi) is 4.78. The SMILES string of the molecule is CCC(CC)(CNC(=O)NC1CCC1)C(=O)O. The molecule has 5 nitrogen and oxygen atoms in total. The molecule has 1 aliphatic carbocycles. The molecule has 0 aromatic heterocycles. The van der Waals surface area contributed by atoms with E-state index in [9.17, 15) is 14.7 Å². The first kappa shape index (κ1) is 13.8. The lowest BCUT2D eigenvalue weighted by atomic mass is 9.82. The third kappa shape index (κ3) is 3.35. The molecule has 1 fully saturated rings. The van der Waals surface area contributed by atoms with Crippen LogP contribution in [0.1, 0.15) is 46.0 Å². The lowest BCUT2D eigenvalue weighted by Gasteiger charge is -2.29. The summed E-state index contributed by atoms with van der Waals surface area (Å²) in [6.07, 6.45) is 4.25. The highest BCUT2D eigenvalue weighted by atomic mass is 16.4. The maximum Gasteiger partial charge on any atom is 0.315 e. The molecule has 0 atom stereocenters. The summed E-state index contributed by atoms with van der Waals surface area (Å²) in [5.74, 6) is -0.841. The molecule has 1 rings (SSSR count). The molecule has 98 valence electrons. The second-order valence-corrected chi connectivity index (χ2v) is 4.75. The van der Waals surface area contributed by atoms with Crippen molar-refractivity contribution in [2.24, 2.45) is 5.41 Å². The number of carboxylic acids is 1. The van der Waals surface area contributed by atoms with E-state index < -0.39 is 11.4 Å². The summed E-state index contributed by atoms with van der Waals surface area (Å²) >= 11 is 0. The van der Waals surface area contributed by atoms with Crippen LogP contribution in [0.15, 0.2) is 0 Å². The van der Waals surface area contributed by atoms with Crippen LogP contribution >= 0.6 is 0 Å². The van der Waals surface area contributed by atoms with Gasteiger partial charge in [-0.2, -0.15) is 0 Å². The minimum Gasteiger partial charge on any atom is -0.481 e. The first-order chi connectivity index (χ1) is 8.04. The Balaban J connectivity index is 2.40. The molecule has 0 spiro atoms. The molecule has 0 bridgehead atoms. The Bertz CT molecular complexity index is 283. The van der Waals surface area contributed by atoms with E-state index in [1.54, 1.807) is 0 Å². The summed E-state index contributed by atoms with van der Waals surface area (Å²) in [4.78, 5) is 22.7. The van der Waals surface area contributed by atoms with E-state index in [0.717, 1.165) is 19.3 Å². The normalized spacial score (nSPS) is 16.1. The number of carbonyl (C=O) groups excluding carboxylic acids is 1. The number of amides is 2. The minimum absolute atomic E-state index is 0.188. The third-order valence-electron chi connectivity index (χ3n) is 3.83. The van der Waals surface area contributed by atoms with Crippen molar-refractivity contribution in [1.82, 2.24) is 10.6 Å². The van der Waals surface area contributed by atoms with Gasteiger partial charge in [-0.25, -0.2) is 4.79 Å². The van der Waals surface area contributed by atoms with E-state index in [2.05, 4.69) is 10.6 Å². The molecular weight excluding hydrogens is 220 g/mol. The smallest absolute Gasteiger partial charge is 0.315 e. The molecule has 0 aliphatic heterocycles. The van der Waals surface area contributed by atoms with E-state index in [-0.39, 0.29) is 18.6 Å². The van der Waals surface area contributed by atoms with Gasteiger partial charge in [0.25, 0.3) is 0 Å². The Morgan fingerprint density at radius 1 is 1.29 bits per heavy atom. The van der Waals surface area contributed by atoms with Crippen molar-refractivity contribution in [3.8, 4) is 0 Å². The van der Waals surface area contributed by atoms with Crippen molar-refractivity contribution in [2.75, 3.05) is 6.54 Å². The van der Waals surface area contributed by atoms with Gasteiger partial charge >= 0.3 is 12.0 Å². The predicted molar refractivity (Wildman–Crippen MR) is 64.8 cm³/mol. The molecule has 0 unspecified atom stereocenters. The zero-order chi connectivity index (χ0) is 12.9. The standard InChI is InChI=1S/C12H22N2O3/c1-3-12(4-2,10(15)16)8-13-11(17)14-9-6-5-7-9/h9H,3-8H2,1-2H3,(H,15,16)(H2,13,14,17). The molecule has 17 heavy (non-hydrogen) atoms. The second kappa shape index (κ2) is 5.89. The molecule has 0 radical (unpaired) electrons. The van der Waals surface area contributed by atoms with E-state index in [1.807, 2.05) is 13.8 Å². The van der Waals surface area contributed by atoms with Crippen LogP contribution in [0.3, 0.4) is 0 Å². The summed E-state index contributed by atoms with van der Waals surface area (Å²) in [6, 6.07) is 0.0275. The molecule has 2 amide bonds. The summed E-state index contributed by atoms with van der Waals surface area (Å²) in [7, 11) is 0. The van der Waals surface area contributed by atoms with Gasteiger partial charge in [0.05, 0.1) is 5.41 Å². The lowest BCUT2D eigenvalue weighted by molar-refractivity contribution is -0.149. The fourth-order valence-corrected chi connectivity index (χ4v) is 1.92. The first-order valence-electron chi connectivity index (χ1n) is 6.32. The fraction of sp³-hybridized carbons (Fsp3) is 0.833. The molecule has 1 saturated carbocycles. The number of hydrogen-bond acceptors (Lipinski definition) is 2. The number of carbonyl (C=O) groups is 2. The highest BCUT2D eigenvalue weighted by Gasteiger charge is 2.35. The Labute approximate surface area is 102 Å². The third-order valence-corrected chi connectivity index (χ3v) is 3.83. The highest BCUT2D eigenvalue weighted by molar-refractivity contribution is 5.78. The van der Waals surface area contributed by atoms with E-state index in [0.29, 0.717) is 12.8 Å². The van der Waals surface area contributed by atoms with Crippen LogP contribution in [0.4, 0.5) is 4.79 Å². The maximum absolute atomic E-state index is 11.5. The van der Waals surface area contributed by atoms with Crippen molar-refractivity contribution >= 4 is 12.0 Å². The molecule has 0 aromatic rings. The van der Waals surface area contributed by atoms with Gasteiger partial charge in [-0.15, -0.1) is 0 Å². The van der Waals surface area contributed by atoms with Crippen LogP contribution in [0, 0.1) is 5.41 Å². The molecule has 5 heteroatoms. The van der Waals surface area contributed by atoms with Gasteiger partial charge in [-0.05, 0) is 32.1 Å². The second-order valence-electron chi connectivity index (χ2n) is 4.75. The van der Waals surface area contributed by atoms with E-state index >= 15 is 0 Å². The lowest BCUT2D eigenvalue weighted by Crippen LogP contribution is -2.49. The quantitative estimate of drug-likeness (QED) is 0.663. The van der Waals surface area contributed by atoms with Crippen LogP contribution in [0.5, 0.6) is 0 Å². The number of aliphatic carboxylic acids is 1. The van der Waals surface area contributed by atoms with Gasteiger partial charge in [0.1, 0.15) is 0 Å². The van der Waals surface area contributed by atoms with Crippen molar-refractivity contribution in [1.29, 1.82) is 0 Å². The molecule has 0 heterocycles. The van der Waals surface area contributed by atoms with Gasteiger partial charge in [0.2, 0.25) is 0 Å². The van der Waals surface area contributed by atoms with Crippen molar-refractivity contribution < 1.29 is 14.7 Å². The van der Waals surface area contributed by atoms with E-state index in [1.165, 1.54) is 0 Å². The number of rotatable bonds is 6. The monoisotopic (exact) mass is 242 g/mol. The summed E-state index contributed by atoms with van der Waals surface area (Å²) < 4.78 is 0. The topological polar surface area (TPSA) is 78.4 Å². The molecule has 0 aromatic carbocycles. The highest BCUT2D eigenvalue weighted by Crippen LogP contribution is 2.25. The van der Waals surface area contributed by atoms with Gasteiger partial charge in [0.15, 0.2) is 0 Å². The average molecular weight is 242 g/mol. The summed E-state index contributed by atoms with van der Waals surface area (Å²) in [6.45, 7) is 3.86. The molecular formula is C12H22N2O3. The van der Waals surface area contributed by atoms with Crippen molar-refractivity contribution in [3.63, 3.8) is 0 Å². The van der Waals surface area contributed by atoms with Gasteiger partial charge in [-0.3, -0.25) is 4.79 Å². The first-order valence-corrected chi connectivity index (χ1v) is 6.32. The summed E-state index contributed by atoms with van der Waals surface area (Å²) in [5.41, 5.74) is -0.836. The van der Waals surface area contributed by atoms with Crippen LogP contribution in [0.25, 0.3) is 0 Å². The van der Waals surface area contributed by atoms with Gasteiger partial charge < -0.3 is 15.7 Å². The minimum atomic E-state index is -0.841. The molecule has 3 N–H and O–H groups in total. The predicted octanol–water partition coefficient (Wildman–Crippen LogP) is 1.73. The maximum atomic E-state index is 11.5. The average Bonchev–Trinajstić information content (AvgIpc) is 2.25. The largest absolute Gasteiger partial charge is 0.481 e. The van der Waals surface area contributed by atoms with Gasteiger partial charge in [-0.1, -0.05) is 13.8 Å². The molecule has 0 saturated heterocycles. The van der Waals surface area contributed by atoms with Crippen LogP contribution in [0.2, 0.25) is 0 Å². The summed E-state index contributed by atoms with van der Waals surface area (Å²) in [5, 5.41) is 14.7. The van der Waals surface area contributed by atoms with Crippen LogP contribution < -0.4 is 10.6 Å². The van der Waals surface area contributed by atoms with Gasteiger partial charge in [0, 0.05) is 12.6 Å². The number of hydrogen-bond donors (Lipinski definition) is 3. The van der Waals surface area contributed by atoms with Crippen LogP contribution in [-0.2, 0) is 4.79 Å². The Morgan fingerprint density at radius 2 is 1.88 bits per heavy atom. The van der Waals surface area contributed by atoms with Crippen molar-refractivity contribution in [3.05, 3.63) is 0 Å². The van der Waals surface area contributed by atoms with Crippen molar-refractivity contribution in [2.45, 2.75) is 52.0 Å². The Hall–Kier alpha value is -1.26.